The predicted molar refractivity (Wildman–Crippen MR) is 138 cm³/mol. The molecule has 0 fully saturated rings. The topological polar surface area (TPSA) is 68.1 Å². The van der Waals surface area contributed by atoms with Crippen molar-refractivity contribution in [2.45, 2.75) is 38.9 Å². The van der Waals surface area contributed by atoms with Crippen molar-refractivity contribution in [3.05, 3.63) is 71.3 Å². The van der Waals surface area contributed by atoms with Crippen molar-refractivity contribution in [1.82, 2.24) is 0 Å². The SMILES string of the molecule is CN=C/C=C1/CCOc2ccc(-c3c([C@H](OC(C)(C)CF)C(=O)O)c(C)cc4ccccc34)cc21. The Morgan fingerprint density at radius 1 is 1.26 bits per heavy atom. The maximum Gasteiger partial charge on any atom is 0.337 e. The van der Waals surface area contributed by atoms with Gasteiger partial charge in [-0.25, -0.2) is 9.18 Å². The van der Waals surface area contributed by atoms with Gasteiger partial charge in [0.2, 0.25) is 0 Å². The summed E-state index contributed by atoms with van der Waals surface area (Å²) >= 11 is 0. The molecular weight excluding hydrogens is 445 g/mol. The van der Waals surface area contributed by atoms with Gasteiger partial charge < -0.3 is 14.6 Å². The van der Waals surface area contributed by atoms with E-state index in [4.69, 9.17) is 9.47 Å². The first-order chi connectivity index (χ1) is 16.8. The normalized spacial score (nSPS) is 15.9. The molecule has 1 heterocycles. The number of nitrogens with zero attached hydrogens (tertiary/aromatic N) is 1. The van der Waals surface area contributed by atoms with Crippen LogP contribution in [0.15, 0.2) is 59.6 Å². The number of halogens is 1. The van der Waals surface area contributed by atoms with E-state index in [9.17, 15) is 14.3 Å². The van der Waals surface area contributed by atoms with Crippen molar-refractivity contribution in [3.63, 3.8) is 0 Å². The van der Waals surface area contributed by atoms with Crippen molar-refractivity contribution < 1.29 is 23.8 Å². The lowest BCUT2D eigenvalue weighted by Gasteiger charge is -2.29. The first kappa shape index (κ1) is 24.6. The summed E-state index contributed by atoms with van der Waals surface area (Å²) in [7, 11) is 1.73. The largest absolute Gasteiger partial charge is 0.493 e. The number of rotatable bonds is 7. The molecule has 3 aromatic carbocycles. The summed E-state index contributed by atoms with van der Waals surface area (Å²) in [5, 5.41) is 12.1. The Kier molecular flexibility index (Phi) is 7.03. The van der Waals surface area contributed by atoms with Crippen LogP contribution in [-0.4, -0.2) is 43.2 Å². The molecule has 5 nitrogen and oxygen atoms in total. The summed E-state index contributed by atoms with van der Waals surface area (Å²) in [6, 6.07) is 15.7. The average Bonchev–Trinajstić information content (AvgIpc) is 2.85. The van der Waals surface area contributed by atoms with E-state index in [1.165, 1.54) is 0 Å². The van der Waals surface area contributed by atoms with Crippen LogP contribution in [0.4, 0.5) is 4.39 Å². The number of hydrogen-bond acceptors (Lipinski definition) is 4. The Morgan fingerprint density at radius 3 is 2.74 bits per heavy atom. The zero-order valence-corrected chi connectivity index (χ0v) is 20.5. The zero-order chi connectivity index (χ0) is 25.2. The maximum absolute atomic E-state index is 13.7. The fraction of sp³-hybridized carbons (Fsp3) is 0.310. The second-order valence-corrected chi connectivity index (χ2v) is 9.34. The number of ether oxygens (including phenoxy) is 2. The number of benzene rings is 3. The minimum atomic E-state index is -1.34. The lowest BCUT2D eigenvalue weighted by molar-refractivity contribution is -0.163. The molecule has 1 N–H and O–H groups in total. The molecule has 4 rings (SSSR count). The van der Waals surface area contributed by atoms with Gasteiger partial charge in [0.15, 0.2) is 6.10 Å². The van der Waals surface area contributed by atoms with Crippen LogP contribution < -0.4 is 4.74 Å². The lowest BCUT2D eigenvalue weighted by atomic mass is 9.85. The molecule has 0 saturated heterocycles. The number of carbonyl (C=O) groups is 1. The lowest BCUT2D eigenvalue weighted by Crippen LogP contribution is -2.33. The third-order valence-corrected chi connectivity index (χ3v) is 6.21. The Morgan fingerprint density at radius 2 is 2.03 bits per heavy atom. The fourth-order valence-corrected chi connectivity index (χ4v) is 4.54. The van der Waals surface area contributed by atoms with Crippen molar-refractivity contribution in [2.24, 2.45) is 4.99 Å². The molecular formula is C29H30FNO4. The molecule has 0 bridgehead atoms. The Bertz CT molecular complexity index is 1330. The number of aliphatic carboxylic acids is 1. The molecule has 1 aliphatic rings. The van der Waals surface area contributed by atoms with Crippen LogP contribution >= 0.6 is 0 Å². The van der Waals surface area contributed by atoms with Crippen LogP contribution in [-0.2, 0) is 9.53 Å². The van der Waals surface area contributed by atoms with Crippen molar-refractivity contribution in [2.75, 3.05) is 20.3 Å². The van der Waals surface area contributed by atoms with Crippen LogP contribution in [0.2, 0.25) is 0 Å². The first-order valence-corrected chi connectivity index (χ1v) is 11.6. The van der Waals surface area contributed by atoms with Gasteiger partial charge >= 0.3 is 5.97 Å². The third-order valence-electron chi connectivity index (χ3n) is 6.21. The van der Waals surface area contributed by atoms with Gasteiger partial charge in [-0.1, -0.05) is 36.4 Å². The van der Waals surface area contributed by atoms with Gasteiger partial charge in [-0.05, 0) is 72.0 Å². The number of carboxylic acids is 1. The van der Waals surface area contributed by atoms with E-state index in [0.29, 0.717) is 12.2 Å². The van der Waals surface area contributed by atoms with E-state index in [-0.39, 0.29) is 0 Å². The highest BCUT2D eigenvalue weighted by Crippen LogP contribution is 2.43. The molecule has 0 aromatic heterocycles. The average molecular weight is 476 g/mol. The zero-order valence-electron chi connectivity index (χ0n) is 20.5. The molecule has 0 spiro atoms. The number of fused-ring (bicyclic) bond motifs is 2. The highest BCUT2D eigenvalue weighted by molar-refractivity contribution is 6.01. The van der Waals surface area contributed by atoms with E-state index >= 15 is 0 Å². The monoisotopic (exact) mass is 475 g/mol. The van der Waals surface area contributed by atoms with Gasteiger partial charge in [0.1, 0.15) is 12.4 Å². The van der Waals surface area contributed by atoms with Gasteiger partial charge in [0.25, 0.3) is 0 Å². The van der Waals surface area contributed by atoms with Gasteiger partial charge in [-0.3, -0.25) is 4.99 Å². The number of hydrogen-bond donors (Lipinski definition) is 1. The summed E-state index contributed by atoms with van der Waals surface area (Å²) in [5.74, 6) is -0.383. The smallest absolute Gasteiger partial charge is 0.337 e. The minimum absolute atomic E-state index is 0.523. The number of aryl methyl sites for hydroxylation is 1. The van der Waals surface area contributed by atoms with Crippen molar-refractivity contribution >= 4 is 28.5 Å². The predicted octanol–water partition coefficient (Wildman–Crippen LogP) is 6.57. The molecule has 6 heteroatoms. The highest BCUT2D eigenvalue weighted by atomic mass is 19.1. The van der Waals surface area contributed by atoms with Crippen LogP contribution in [0.5, 0.6) is 5.75 Å². The van der Waals surface area contributed by atoms with Crippen molar-refractivity contribution in [3.8, 4) is 16.9 Å². The Labute approximate surface area is 204 Å². The Balaban J connectivity index is 2.01. The van der Waals surface area contributed by atoms with Crippen LogP contribution in [0.25, 0.3) is 27.5 Å². The fourth-order valence-electron chi connectivity index (χ4n) is 4.54. The Hall–Kier alpha value is -3.51. The van der Waals surface area contributed by atoms with Gasteiger partial charge in [-0.2, -0.15) is 0 Å². The summed E-state index contributed by atoms with van der Waals surface area (Å²) in [6.45, 7) is 4.77. The number of aliphatic imine (C=N–C) groups is 1. The van der Waals surface area contributed by atoms with E-state index in [1.807, 2.05) is 61.5 Å². The van der Waals surface area contributed by atoms with Crippen LogP contribution in [0, 0.1) is 6.92 Å². The van der Waals surface area contributed by atoms with Crippen molar-refractivity contribution in [1.29, 1.82) is 0 Å². The summed E-state index contributed by atoms with van der Waals surface area (Å²) in [6.07, 6.45) is 3.15. The van der Waals surface area contributed by atoms with Gasteiger partial charge in [-0.15, -0.1) is 0 Å². The number of allylic oxidation sites excluding steroid dienone is 1. The van der Waals surface area contributed by atoms with Crippen LogP contribution in [0.3, 0.4) is 0 Å². The highest BCUT2D eigenvalue weighted by Gasteiger charge is 2.33. The third kappa shape index (κ3) is 4.98. The summed E-state index contributed by atoms with van der Waals surface area (Å²) in [5.41, 5.74) is 3.69. The molecule has 0 amide bonds. The standard InChI is InChI=1S/C29H30FNO4/c1-18-15-20-7-5-6-8-22(20)26(25(18)27(28(32)33)35-29(2,3)17-30)21-9-10-24-23(16-21)19(11-13-31-4)12-14-34-24/h5-11,13,15-16,27H,12,14,17H2,1-4H3,(H,32,33)/b19-11-,31-13?/t27-/m0/s1. The van der Waals surface area contributed by atoms with Crippen LogP contribution in [0.1, 0.15) is 43.1 Å². The van der Waals surface area contributed by atoms with Gasteiger partial charge in [0, 0.05) is 30.8 Å². The molecule has 182 valence electrons. The maximum atomic E-state index is 13.7. The minimum Gasteiger partial charge on any atom is -0.493 e. The van der Waals surface area contributed by atoms with E-state index in [1.54, 1.807) is 27.1 Å². The van der Waals surface area contributed by atoms with E-state index in [0.717, 1.165) is 50.8 Å². The molecule has 0 saturated carbocycles. The second-order valence-electron chi connectivity index (χ2n) is 9.34. The summed E-state index contributed by atoms with van der Waals surface area (Å²) < 4.78 is 25.4. The number of alkyl halides is 1. The second kappa shape index (κ2) is 10.0. The van der Waals surface area contributed by atoms with Gasteiger partial charge in [0.05, 0.1) is 12.2 Å². The molecule has 0 aliphatic carbocycles. The quantitative estimate of drug-likeness (QED) is 0.392. The molecule has 35 heavy (non-hydrogen) atoms. The molecule has 1 aliphatic heterocycles. The number of carboxylic acid groups (broad SMARTS) is 1. The molecule has 3 aromatic rings. The molecule has 0 unspecified atom stereocenters. The summed E-state index contributed by atoms with van der Waals surface area (Å²) in [4.78, 5) is 16.6. The first-order valence-electron chi connectivity index (χ1n) is 11.6. The van der Waals surface area contributed by atoms with E-state index in [2.05, 4.69) is 4.99 Å². The van der Waals surface area contributed by atoms with E-state index < -0.39 is 24.3 Å². The molecule has 1 atom stereocenters. The molecule has 0 radical (unpaired) electrons.